The van der Waals surface area contributed by atoms with Crippen molar-refractivity contribution in [3.63, 3.8) is 0 Å². The van der Waals surface area contributed by atoms with Gasteiger partial charge < -0.3 is 16.4 Å². The lowest BCUT2D eigenvalue weighted by Gasteiger charge is -2.36. The molecule has 2 aromatic rings. The molecular formula is C21H29N7. The highest BCUT2D eigenvalue weighted by Crippen LogP contribution is 2.41. The summed E-state index contributed by atoms with van der Waals surface area (Å²) >= 11 is 0. The molecule has 3 heterocycles. The van der Waals surface area contributed by atoms with Crippen molar-refractivity contribution in [1.29, 1.82) is 5.41 Å². The number of fused-ring (bicyclic) bond motifs is 1. The smallest absolute Gasteiger partial charge is 0.155 e. The van der Waals surface area contributed by atoms with E-state index in [1.807, 2.05) is 23.2 Å². The molecule has 7 nitrogen and oxygen atoms in total. The summed E-state index contributed by atoms with van der Waals surface area (Å²) in [4.78, 5) is 15.6. The number of nitrogens with two attached hydrogens (primary N) is 2. The molecule has 0 aromatic carbocycles. The predicted octanol–water partition coefficient (Wildman–Crippen LogP) is 2.85. The van der Waals surface area contributed by atoms with Crippen LogP contribution in [0.2, 0.25) is 0 Å². The van der Waals surface area contributed by atoms with Crippen molar-refractivity contribution in [2.24, 2.45) is 11.1 Å². The quantitative estimate of drug-likeness (QED) is 0.557. The van der Waals surface area contributed by atoms with Gasteiger partial charge in [-0.3, -0.25) is 10.4 Å². The van der Waals surface area contributed by atoms with E-state index in [2.05, 4.69) is 21.9 Å². The number of pyridine rings is 1. The van der Waals surface area contributed by atoms with Crippen LogP contribution >= 0.6 is 0 Å². The molecule has 0 unspecified atom stereocenters. The predicted molar refractivity (Wildman–Crippen MR) is 112 cm³/mol. The lowest BCUT2D eigenvalue weighted by atomic mass is 9.71. The van der Waals surface area contributed by atoms with Gasteiger partial charge in [0.05, 0.1) is 17.1 Å². The van der Waals surface area contributed by atoms with Crippen molar-refractivity contribution < 1.29 is 0 Å². The monoisotopic (exact) mass is 379 g/mol. The van der Waals surface area contributed by atoms with Gasteiger partial charge in [-0.1, -0.05) is 6.92 Å². The molecule has 7 heteroatoms. The number of nitrogen functional groups attached to an aromatic ring is 1. The third-order valence-corrected chi connectivity index (χ3v) is 6.37. The average Bonchev–Trinajstić information content (AvgIpc) is 2.73. The first-order valence-electron chi connectivity index (χ1n) is 10.1. The maximum atomic E-state index is 8.69. The lowest BCUT2D eigenvalue weighted by molar-refractivity contribution is 0.206. The Morgan fingerprint density at radius 1 is 1.32 bits per heavy atom. The zero-order valence-electron chi connectivity index (χ0n) is 16.5. The van der Waals surface area contributed by atoms with Crippen molar-refractivity contribution in [2.45, 2.75) is 51.4 Å². The van der Waals surface area contributed by atoms with Crippen LogP contribution in [0.25, 0.3) is 0 Å². The molecule has 0 atom stereocenters. The molecule has 0 bridgehead atoms. The zero-order valence-corrected chi connectivity index (χ0v) is 16.5. The number of nitrogens with zero attached hydrogens (tertiary/aromatic N) is 4. The number of aryl methyl sites for hydroxylation is 1. The summed E-state index contributed by atoms with van der Waals surface area (Å²) < 4.78 is 0. The second-order valence-electron chi connectivity index (χ2n) is 8.39. The molecule has 0 amide bonds. The van der Waals surface area contributed by atoms with Gasteiger partial charge in [-0.2, -0.15) is 0 Å². The molecule has 0 saturated heterocycles. The second-order valence-corrected chi connectivity index (χ2v) is 8.39. The molecule has 5 N–H and O–H groups in total. The SMILES string of the molecule is CC1(CN)CCC(c2cnc(C(=N)N3CCCc4ncccc43)c(N)n2)CC1. The fourth-order valence-electron chi connectivity index (χ4n) is 4.36. The van der Waals surface area contributed by atoms with E-state index in [-0.39, 0.29) is 5.41 Å². The van der Waals surface area contributed by atoms with Gasteiger partial charge in [0.1, 0.15) is 5.69 Å². The zero-order chi connectivity index (χ0) is 19.7. The molecule has 0 spiro atoms. The topological polar surface area (TPSA) is 118 Å². The molecule has 2 aromatic heterocycles. The highest BCUT2D eigenvalue weighted by atomic mass is 15.2. The molecule has 1 fully saturated rings. The van der Waals surface area contributed by atoms with Crippen molar-refractivity contribution in [3.05, 3.63) is 41.6 Å². The Labute approximate surface area is 166 Å². The number of anilines is 2. The van der Waals surface area contributed by atoms with Crippen LogP contribution in [0.3, 0.4) is 0 Å². The van der Waals surface area contributed by atoms with E-state index >= 15 is 0 Å². The Morgan fingerprint density at radius 3 is 2.82 bits per heavy atom. The Bertz CT molecular complexity index is 871. The third-order valence-electron chi connectivity index (χ3n) is 6.37. The van der Waals surface area contributed by atoms with Crippen LogP contribution in [0, 0.1) is 10.8 Å². The highest BCUT2D eigenvalue weighted by molar-refractivity contribution is 6.09. The standard InChI is InChI=1S/C21H29N7/c1-21(13-22)8-6-14(7-9-21)16-12-26-18(19(23)27-16)20(24)28-11-3-4-15-17(28)5-2-10-25-15/h2,5,10,12,14,24H,3-4,6-9,11,13,22H2,1H3,(H2,23,27). The van der Waals surface area contributed by atoms with Gasteiger partial charge in [-0.15, -0.1) is 0 Å². The molecule has 0 radical (unpaired) electrons. The number of hydrogen-bond acceptors (Lipinski definition) is 6. The molecular weight excluding hydrogens is 350 g/mol. The average molecular weight is 380 g/mol. The summed E-state index contributed by atoms with van der Waals surface area (Å²) in [5, 5.41) is 8.69. The van der Waals surface area contributed by atoms with Crippen molar-refractivity contribution >= 4 is 17.3 Å². The van der Waals surface area contributed by atoms with Crippen molar-refractivity contribution in [3.8, 4) is 0 Å². The Morgan fingerprint density at radius 2 is 2.11 bits per heavy atom. The molecule has 2 aliphatic rings. The summed E-state index contributed by atoms with van der Waals surface area (Å²) in [6.45, 7) is 3.76. The minimum absolute atomic E-state index is 0.243. The van der Waals surface area contributed by atoms with E-state index in [9.17, 15) is 0 Å². The number of hydrogen-bond donors (Lipinski definition) is 3. The molecule has 28 heavy (non-hydrogen) atoms. The van der Waals surface area contributed by atoms with Crippen LogP contribution in [-0.4, -0.2) is 33.9 Å². The number of rotatable bonds is 3. The summed E-state index contributed by atoms with van der Waals surface area (Å²) in [6.07, 6.45) is 9.82. The molecule has 1 aliphatic carbocycles. The van der Waals surface area contributed by atoms with Crippen LogP contribution in [-0.2, 0) is 6.42 Å². The summed E-state index contributed by atoms with van der Waals surface area (Å²) in [6, 6.07) is 3.91. The van der Waals surface area contributed by atoms with Gasteiger partial charge >= 0.3 is 0 Å². The molecule has 1 saturated carbocycles. The van der Waals surface area contributed by atoms with E-state index in [0.29, 0.717) is 23.3 Å². The molecule has 4 rings (SSSR count). The van der Waals surface area contributed by atoms with E-state index in [0.717, 1.165) is 68.7 Å². The minimum Gasteiger partial charge on any atom is -0.382 e. The first kappa shape index (κ1) is 18.8. The maximum Gasteiger partial charge on any atom is 0.155 e. The summed E-state index contributed by atoms with van der Waals surface area (Å²) in [5.41, 5.74) is 15.8. The summed E-state index contributed by atoms with van der Waals surface area (Å²) in [5.74, 6) is 1.01. The Hall–Kier alpha value is -2.54. The van der Waals surface area contributed by atoms with E-state index in [1.165, 1.54) is 0 Å². The van der Waals surface area contributed by atoms with E-state index in [4.69, 9.17) is 16.9 Å². The van der Waals surface area contributed by atoms with Crippen LogP contribution < -0.4 is 16.4 Å². The Balaban J connectivity index is 1.54. The fraction of sp³-hybridized carbons (Fsp3) is 0.524. The fourth-order valence-corrected chi connectivity index (χ4v) is 4.36. The van der Waals surface area contributed by atoms with Gasteiger partial charge in [0, 0.05) is 24.9 Å². The largest absolute Gasteiger partial charge is 0.382 e. The van der Waals surface area contributed by atoms with Crippen LogP contribution in [0.4, 0.5) is 11.5 Å². The number of aromatic nitrogens is 3. The van der Waals surface area contributed by atoms with Crippen LogP contribution in [0.15, 0.2) is 24.5 Å². The number of nitrogens with one attached hydrogen (secondary N) is 1. The maximum absolute atomic E-state index is 8.69. The molecule has 1 aliphatic heterocycles. The molecule has 148 valence electrons. The normalized spacial score (nSPS) is 24.6. The second kappa shape index (κ2) is 7.47. The van der Waals surface area contributed by atoms with Gasteiger partial charge in [-0.05, 0) is 62.6 Å². The van der Waals surface area contributed by atoms with Crippen LogP contribution in [0.5, 0.6) is 0 Å². The highest BCUT2D eigenvalue weighted by Gasteiger charge is 2.32. The summed E-state index contributed by atoms with van der Waals surface area (Å²) in [7, 11) is 0. The first-order valence-corrected chi connectivity index (χ1v) is 10.1. The van der Waals surface area contributed by atoms with Crippen molar-refractivity contribution in [1.82, 2.24) is 15.0 Å². The third kappa shape index (κ3) is 3.46. The lowest BCUT2D eigenvalue weighted by Crippen LogP contribution is -2.37. The van der Waals surface area contributed by atoms with Gasteiger partial charge in [0.2, 0.25) is 0 Å². The minimum atomic E-state index is 0.243. The van der Waals surface area contributed by atoms with Crippen LogP contribution in [0.1, 0.15) is 62.0 Å². The first-order chi connectivity index (χ1) is 13.5. The van der Waals surface area contributed by atoms with E-state index < -0.39 is 0 Å². The Kier molecular flexibility index (Phi) is 5.02. The number of amidine groups is 1. The van der Waals surface area contributed by atoms with Crippen molar-refractivity contribution in [2.75, 3.05) is 23.7 Å². The van der Waals surface area contributed by atoms with Gasteiger partial charge in [0.15, 0.2) is 11.7 Å². The van der Waals surface area contributed by atoms with Gasteiger partial charge in [-0.25, -0.2) is 9.97 Å². The van der Waals surface area contributed by atoms with Gasteiger partial charge in [0.25, 0.3) is 0 Å². The van der Waals surface area contributed by atoms with E-state index in [1.54, 1.807) is 6.20 Å².